The predicted octanol–water partition coefficient (Wildman–Crippen LogP) is 4.83. The summed E-state index contributed by atoms with van der Waals surface area (Å²) in [4.78, 5) is 10.8. The fourth-order valence-electron chi connectivity index (χ4n) is 2.12. The number of carboxylic acids is 1. The van der Waals surface area contributed by atoms with Crippen LogP contribution in [0.4, 0.5) is 0 Å². The second-order valence-electron chi connectivity index (χ2n) is 5.04. The van der Waals surface area contributed by atoms with Gasteiger partial charge in [-0.15, -0.1) is 0 Å². The Kier molecular flexibility index (Phi) is 12.2. The maximum Gasteiger partial charge on any atom is 0.332 e. The highest BCUT2D eigenvalue weighted by molar-refractivity contribution is 5.87. The first kappa shape index (κ1) is 17.7. The van der Waals surface area contributed by atoms with Gasteiger partial charge in [0.2, 0.25) is 0 Å². The lowest BCUT2D eigenvalue weighted by Gasteiger charge is -2.03. The Morgan fingerprint density at radius 1 is 1.00 bits per heavy atom. The molecule has 0 atom stereocenters. The van der Waals surface area contributed by atoms with Gasteiger partial charge >= 0.3 is 5.97 Å². The molecule has 108 valence electrons. The third-order valence-corrected chi connectivity index (χ3v) is 3.31. The fraction of sp³-hybridized carbons (Fsp3) is 0.750. The fourth-order valence-corrected chi connectivity index (χ4v) is 2.12. The van der Waals surface area contributed by atoms with Gasteiger partial charge in [0.25, 0.3) is 0 Å². The predicted molar refractivity (Wildman–Crippen MR) is 77.8 cm³/mol. The number of hydrogen-bond acceptors (Lipinski definition) is 2. The average Bonchev–Trinajstić information content (AvgIpc) is 2.39. The molecular formula is C16H27NO2. The van der Waals surface area contributed by atoms with Crippen molar-refractivity contribution in [2.75, 3.05) is 0 Å². The van der Waals surface area contributed by atoms with E-state index in [4.69, 9.17) is 10.4 Å². The normalized spacial score (nSPS) is 11.3. The second kappa shape index (κ2) is 13.1. The van der Waals surface area contributed by atoms with Crippen molar-refractivity contribution >= 4 is 5.97 Å². The van der Waals surface area contributed by atoms with Crippen molar-refractivity contribution in [1.82, 2.24) is 0 Å². The first-order chi connectivity index (χ1) is 9.22. The zero-order valence-corrected chi connectivity index (χ0v) is 12.2. The third-order valence-electron chi connectivity index (χ3n) is 3.31. The molecule has 0 aliphatic heterocycles. The van der Waals surface area contributed by atoms with E-state index in [0.29, 0.717) is 6.42 Å². The summed E-state index contributed by atoms with van der Waals surface area (Å²) in [6.07, 6.45) is 14.0. The summed E-state index contributed by atoms with van der Waals surface area (Å²) in [5, 5.41) is 17.3. The summed E-state index contributed by atoms with van der Waals surface area (Å²) in [6, 6.07) is 1.79. The van der Waals surface area contributed by atoms with E-state index in [9.17, 15) is 4.79 Å². The van der Waals surface area contributed by atoms with Crippen LogP contribution in [0, 0.1) is 11.3 Å². The Morgan fingerprint density at radius 3 is 1.89 bits per heavy atom. The zero-order valence-electron chi connectivity index (χ0n) is 12.2. The van der Waals surface area contributed by atoms with Crippen LogP contribution in [0.15, 0.2) is 11.6 Å². The molecule has 0 amide bonds. The van der Waals surface area contributed by atoms with Gasteiger partial charge in [-0.1, -0.05) is 64.7 Å². The quantitative estimate of drug-likeness (QED) is 0.312. The Hall–Kier alpha value is -1.30. The standard InChI is InChI=1S/C16H27NO2/c1-2-3-4-5-6-7-8-9-10-11-12-15(13-14-17)16(18)19/h13H,2-12H2,1H3,(H,18,19)/b15-13-. The van der Waals surface area contributed by atoms with Crippen LogP contribution in [0.3, 0.4) is 0 Å². The van der Waals surface area contributed by atoms with Crippen LogP contribution in [-0.2, 0) is 4.79 Å². The van der Waals surface area contributed by atoms with Gasteiger partial charge in [0.05, 0.1) is 6.07 Å². The smallest absolute Gasteiger partial charge is 0.332 e. The van der Waals surface area contributed by atoms with Gasteiger partial charge < -0.3 is 5.11 Å². The molecular weight excluding hydrogens is 238 g/mol. The highest BCUT2D eigenvalue weighted by Crippen LogP contribution is 2.13. The molecule has 0 aromatic rings. The van der Waals surface area contributed by atoms with Crippen molar-refractivity contribution in [2.24, 2.45) is 0 Å². The molecule has 0 saturated carbocycles. The van der Waals surface area contributed by atoms with Gasteiger partial charge in [-0.25, -0.2) is 4.79 Å². The Labute approximate surface area is 117 Å². The van der Waals surface area contributed by atoms with E-state index < -0.39 is 5.97 Å². The molecule has 3 heteroatoms. The molecule has 0 aliphatic carbocycles. The van der Waals surface area contributed by atoms with Crippen LogP contribution in [0.1, 0.15) is 77.6 Å². The van der Waals surface area contributed by atoms with E-state index in [1.807, 2.05) is 0 Å². The lowest BCUT2D eigenvalue weighted by atomic mass is 10.0. The number of nitriles is 1. The highest BCUT2D eigenvalue weighted by atomic mass is 16.4. The Bertz CT molecular complexity index is 302. The summed E-state index contributed by atoms with van der Waals surface area (Å²) in [7, 11) is 0. The van der Waals surface area contributed by atoms with Crippen LogP contribution < -0.4 is 0 Å². The molecule has 0 aliphatic rings. The van der Waals surface area contributed by atoms with Crippen LogP contribution in [-0.4, -0.2) is 11.1 Å². The minimum absolute atomic E-state index is 0.238. The molecule has 0 rings (SSSR count). The topological polar surface area (TPSA) is 61.1 Å². The molecule has 0 heterocycles. The van der Waals surface area contributed by atoms with Gasteiger partial charge in [0.15, 0.2) is 0 Å². The van der Waals surface area contributed by atoms with E-state index in [2.05, 4.69) is 6.92 Å². The van der Waals surface area contributed by atoms with E-state index in [0.717, 1.165) is 18.9 Å². The van der Waals surface area contributed by atoms with E-state index >= 15 is 0 Å². The van der Waals surface area contributed by atoms with E-state index in [1.54, 1.807) is 6.07 Å². The van der Waals surface area contributed by atoms with Crippen LogP contribution in [0.5, 0.6) is 0 Å². The molecule has 3 nitrogen and oxygen atoms in total. The first-order valence-corrected chi connectivity index (χ1v) is 7.54. The number of aliphatic carboxylic acids is 1. The van der Waals surface area contributed by atoms with E-state index in [1.165, 1.54) is 51.4 Å². The summed E-state index contributed by atoms with van der Waals surface area (Å²) in [5.41, 5.74) is 0.238. The zero-order chi connectivity index (χ0) is 14.3. The summed E-state index contributed by atoms with van der Waals surface area (Å²) in [5.74, 6) is -0.961. The maximum atomic E-state index is 10.8. The third kappa shape index (κ3) is 11.5. The van der Waals surface area contributed by atoms with Crippen LogP contribution in [0.25, 0.3) is 0 Å². The molecule has 0 radical (unpaired) electrons. The van der Waals surface area contributed by atoms with Crippen molar-refractivity contribution in [1.29, 1.82) is 5.26 Å². The highest BCUT2D eigenvalue weighted by Gasteiger charge is 2.05. The second-order valence-corrected chi connectivity index (χ2v) is 5.04. The molecule has 0 aromatic carbocycles. The number of rotatable bonds is 12. The van der Waals surface area contributed by atoms with Crippen molar-refractivity contribution in [2.45, 2.75) is 77.6 Å². The van der Waals surface area contributed by atoms with Gasteiger partial charge in [0.1, 0.15) is 0 Å². The summed E-state index contributed by atoms with van der Waals surface area (Å²) < 4.78 is 0. The monoisotopic (exact) mass is 265 g/mol. The maximum absolute atomic E-state index is 10.8. The number of carboxylic acid groups (broad SMARTS) is 1. The SMILES string of the molecule is CCCCCCCCCCCC/C(=C/C#N)C(=O)O. The van der Waals surface area contributed by atoms with Crippen molar-refractivity contribution < 1.29 is 9.90 Å². The number of nitrogens with zero attached hydrogens (tertiary/aromatic N) is 1. The van der Waals surface area contributed by atoms with Gasteiger partial charge in [-0.05, 0) is 12.8 Å². The minimum atomic E-state index is -0.961. The molecule has 0 bridgehead atoms. The van der Waals surface area contributed by atoms with E-state index in [-0.39, 0.29) is 5.57 Å². The first-order valence-electron chi connectivity index (χ1n) is 7.54. The molecule has 0 aromatic heterocycles. The van der Waals surface area contributed by atoms with Crippen LogP contribution >= 0.6 is 0 Å². The molecule has 19 heavy (non-hydrogen) atoms. The van der Waals surface area contributed by atoms with Crippen molar-refractivity contribution in [3.63, 3.8) is 0 Å². The average molecular weight is 265 g/mol. The van der Waals surface area contributed by atoms with Gasteiger partial charge in [-0.2, -0.15) is 5.26 Å². The lowest BCUT2D eigenvalue weighted by Crippen LogP contribution is -2.00. The number of carbonyl (C=O) groups is 1. The summed E-state index contributed by atoms with van der Waals surface area (Å²) >= 11 is 0. The molecule has 1 N–H and O–H groups in total. The van der Waals surface area contributed by atoms with Crippen LogP contribution in [0.2, 0.25) is 0 Å². The summed E-state index contributed by atoms with van der Waals surface area (Å²) in [6.45, 7) is 2.23. The van der Waals surface area contributed by atoms with Gasteiger partial charge in [-0.3, -0.25) is 0 Å². The van der Waals surface area contributed by atoms with Crippen molar-refractivity contribution in [3.05, 3.63) is 11.6 Å². The number of unbranched alkanes of at least 4 members (excludes halogenated alkanes) is 9. The molecule has 0 saturated heterocycles. The van der Waals surface area contributed by atoms with Crippen molar-refractivity contribution in [3.8, 4) is 6.07 Å². The van der Waals surface area contributed by atoms with Gasteiger partial charge in [0, 0.05) is 11.6 Å². The minimum Gasteiger partial charge on any atom is -0.478 e. The largest absolute Gasteiger partial charge is 0.478 e. The number of allylic oxidation sites excluding steroid dienone is 1. The lowest BCUT2D eigenvalue weighted by molar-refractivity contribution is -0.132. The molecule has 0 spiro atoms. The Morgan fingerprint density at radius 2 is 1.47 bits per heavy atom. The number of hydrogen-bond donors (Lipinski definition) is 1. The molecule has 0 fully saturated rings. The molecule has 0 unspecified atom stereocenters. The Balaban J connectivity index is 3.38.